The number of hydrogen-bond donors (Lipinski definition) is 0. The molecule has 0 radical (unpaired) electrons. The first kappa shape index (κ1) is 11.3. The highest BCUT2D eigenvalue weighted by Gasteiger charge is 2.32. The molecule has 1 fully saturated rings. The zero-order chi connectivity index (χ0) is 10.9. The molecule has 0 aromatic rings. The van der Waals surface area contributed by atoms with E-state index in [1.807, 2.05) is 25.7 Å². The summed E-state index contributed by atoms with van der Waals surface area (Å²) < 4.78 is 5.33. The Morgan fingerprint density at radius 3 is 2.29 bits per heavy atom. The number of rotatable bonds is 0. The lowest BCUT2D eigenvalue weighted by Crippen LogP contribution is -2.38. The van der Waals surface area contributed by atoms with Crippen LogP contribution in [0.2, 0.25) is 0 Å². The lowest BCUT2D eigenvalue weighted by molar-refractivity contribution is 0.0234. The van der Waals surface area contributed by atoms with Gasteiger partial charge in [-0.25, -0.2) is 4.79 Å². The molecule has 0 N–H and O–H groups in total. The minimum Gasteiger partial charge on any atom is -0.444 e. The summed E-state index contributed by atoms with van der Waals surface area (Å²) in [5.74, 6) is 0.595. The molecule has 3 nitrogen and oxygen atoms in total. The SMILES string of the molecule is CC1C[C@@H](C)CN1C(=O)OC(C)(C)C. The first-order valence-corrected chi connectivity index (χ1v) is 5.29. The third-order valence-corrected chi connectivity index (χ3v) is 2.41. The van der Waals surface area contributed by atoms with Crippen LogP contribution < -0.4 is 0 Å². The van der Waals surface area contributed by atoms with Crippen molar-refractivity contribution in [2.24, 2.45) is 5.92 Å². The standard InChI is InChI=1S/C11H21NO2/c1-8-6-9(2)12(7-8)10(13)14-11(3,4)5/h8-9H,6-7H2,1-5H3/t8-,9?/m1/s1. The van der Waals surface area contributed by atoms with Gasteiger partial charge >= 0.3 is 6.09 Å². The molecule has 0 aromatic carbocycles. The van der Waals surface area contributed by atoms with Gasteiger partial charge in [0.1, 0.15) is 5.60 Å². The van der Waals surface area contributed by atoms with Crippen LogP contribution in [0.25, 0.3) is 0 Å². The maximum absolute atomic E-state index is 11.7. The minimum absolute atomic E-state index is 0.172. The first-order chi connectivity index (χ1) is 6.29. The van der Waals surface area contributed by atoms with E-state index >= 15 is 0 Å². The number of ether oxygens (including phenoxy) is 1. The van der Waals surface area contributed by atoms with E-state index in [-0.39, 0.29) is 11.7 Å². The molecule has 14 heavy (non-hydrogen) atoms. The largest absolute Gasteiger partial charge is 0.444 e. The molecule has 1 aliphatic heterocycles. The molecule has 0 aromatic heterocycles. The number of hydrogen-bond acceptors (Lipinski definition) is 2. The van der Waals surface area contributed by atoms with Crippen LogP contribution in [0.3, 0.4) is 0 Å². The molecule has 1 saturated heterocycles. The van der Waals surface area contributed by atoms with Crippen LogP contribution in [0.15, 0.2) is 0 Å². The van der Waals surface area contributed by atoms with Crippen molar-refractivity contribution in [3.63, 3.8) is 0 Å². The maximum atomic E-state index is 11.7. The van der Waals surface area contributed by atoms with Gasteiger partial charge in [0.05, 0.1) is 0 Å². The van der Waals surface area contributed by atoms with Crippen LogP contribution in [0, 0.1) is 5.92 Å². The average molecular weight is 199 g/mol. The Morgan fingerprint density at radius 1 is 1.36 bits per heavy atom. The molecule has 0 saturated carbocycles. The molecule has 1 rings (SSSR count). The van der Waals surface area contributed by atoms with Crippen molar-refractivity contribution in [1.29, 1.82) is 0 Å². The lowest BCUT2D eigenvalue weighted by Gasteiger charge is -2.26. The van der Waals surface area contributed by atoms with Crippen molar-refractivity contribution in [3.8, 4) is 0 Å². The van der Waals surface area contributed by atoms with Crippen LogP contribution in [0.5, 0.6) is 0 Å². The summed E-state index contributed by atoms with van der Waals surface area (Å²) in [6.07, 6.45) is 0.911. The molecule has 3 heteroatoms. The van der Waals surface area contributed by atoms with Crippen LogP contribution in [0.1, 0.15) is 41.0 Å². The molecular weight excluding hydrogens is 178 g/mol. The Kier molecular flexibility index (Phi) is 3.07. The van der Waals surface area contributed by atoms with Gasteiger partial charge in [0.2, 0.25) is 0 Å². The van der Waals surface area contributed by atoms with E-state index in [1.165, 1.54) is 0 Å². The van der Waals surface area contributed by atoms with Crippen molar-refractivity contribution < 1.29 is 9.53 Å². The van der Waals surface area contributed by atoms with Crippen molar-refractivity contribution >= 4 is 6.09 Å². The third-order valence-electron chi connectivity index (χ3n) is 2.41. The number of carbonyl (C=O) groups is 1. The second kappa shape index (κ2) is 3.79. The highest BCUT2D eigenvalue weighted by molar-refractivity contribution is 5.68. The van der Waals surface area contributed by atoms with Crippen LogP contribution in [-0.2, 0) is 4.74 Å². The zero-order valence-corrected chi connectivity index (χ0v) is 9.83. The fraction of sp³-hybridized carbons (Fsp3) is 0.909. The zero-order valence-electron chi connectivity index (χ0n) is 9.83. The van der Waals surface area contributed by atoms with E-state index in [1.54, 1.807) is 0 Å². The Labute approximate surface area is 86.4 Å². The molecule has 0 aliphatic carbocycles. The lowest BCUT2D eigenvalue weighted by atomic mass is 10.1. The van der Waals surface area contributed by atoms with E-state index in [0.717, 1.165) is 13.0 Å². The van der Waals surface area contributed by atoms with Crippen molar-refractivity contribution in [2.75, 3.05) is 6.54 Å². The van der Waals surface area contributed by atoms with Gasteiger partial charge < -0.3 is 9.64 Å². The van der Waals surface area contributed by atoms with Gasteiger partial charge in [-0.3, -0.25) is 0 Å². The van der Waals surface area contributed by atoms with Crippen LogP contribution in [-0.4, -0.2) is 29.2 Å². The summed E-state index contributed by atoms with van der Waals surface area (Å²) in [6.45, 7) is 10.8. The summed E-state index contributed by atoms with van der Waals surface area (Å²) in [6, 6.07) is 0.319. The van der Waals surface area contributed by atoms with Crippen molar-refractivity contribution in [1.82, 2.24) is 4.90 Å². The van der Waals surface area contributed by atoms with Crippen molar-refractivity contribution in [2.45, 2.75) is 52.7 Å². The Bertz CT molecular complexity index is 220. The van der Waals surface area contributed by atoms with E-state index in [9.17, 15) is 4.79 Å². The molecule has 82 valence electrons. The topological polar surface area (TPSA) is 29.5 Å². The quantitative estimate of drug-likeness (QED) is 0.600. The fourth-order valence-corrected chi connectivity index (χ4v) is 1.87. The molecule has 1 heterocycles. The summed E-state index contributed by atoms with van der Waals surface area (Å²) >= 11 is 0. The second-order valence-corrected chi connectivity index (χ2v) is 5.32. The number of carbonyl (C=O) groups excluding carboxylic acids is 1. The molecule has 1 amide bonds. The summed E-state index contributed by atoms with van der Waals surface area (Å²) in [7, 11) is 0. The Morgan fingerprint density at radius 2 is 1.93 bits per heavy atom. The van der Waals surface area contributed by atoms with Gasteiger partial charge in [-0.05, 0) is 40.0 Å². The van der Waals surface area contributed by atoms with E-state index in [4.69, 9.17) is 4.74 Å². The normalized spacial score (nSPS) is 27.9. The molecule has 0 spiro atoms. The molecule has 1 aliphatic rings. The van der Waals surface area contributed by atoms with Gasteiger partial charge in [-0.2, -0.15) is 0 Å². The van der Waals surface area contributed by atoms with Gasteiger partial charge in [0.15, 0.2) is 0 Å². The van der Waals surface area contributed by atoms with Gasteiger partial charge in [0, 0.05) is 12.6 Å². The number of amides is 1. The van der Waals surface area contributed by atoms with Gasteiger partial charge in [-0.1, -0.05) is 6.92 Å². The average Bonchev–Trinajstić information content (AvgIpc) is 2.26. The summed E-state index contributed by atoms with van der Waals surface area (Å²) in [4.78, 5) is 13.5. The van der Waals surface area contributed by atoms with E-state index < -0.39 is 0 Å². The molecule has 1 unspecified atom stereocenters. The minimum atomic E-state index is -0.386. The van der Waals surface area contributed by atoms with Gasteiger partial charge in [0.25, 0.3) is 0 Å². The van der Waals surface area contributed by atoms with E-state index in [0.29, 0.717) is 12.0 Å². The first-order valence-electron chi connectivity index (χ1n) is 5.29. The highest BCUT2D eigenvalue weighted by Crippen LogP contribution is 2.24. The summed E-state index contributed by atoms with van der Waals surface area (Å²) in [5, 5.41) is 0. The molecular formula is C11H21NO2. The second-order valence-electron chi connectivity index (χ2n) is 5.32. The van der Waals surface area contributed by atoms with Crippen LogP contribution >= 0.6 is 0 Å². The highest BCUT2D eigenvalue weighted by atomic mass is 16.6. The monoisotopic (exact) mass is 199 g/mol. The maximum Gasteiger partial charge on any atom is 0.410 e. The Hall–Kier alpha value is -0.730. The fourth-order valence-electron chi connectivity index (χ4n) is 1.87. The van der Waals surface area contributed by atoms with E-state index in [2.05, 4.69) is 13.8 Å². The van der Waals surface area contributed by atoms with Crippen LogP contribution in [0.4, 0.5) is 4.79 Å². The third kappa shape index (κ3) is 2.89. The smallest absolute Gasteiger partial charge is 0.410 e. The number of likely N-dealkylation sites (tertiary alicyclic amines) is 1. The van der Waals surface area contributed by atoms with Gasteiger partial charge in [-0.15, -0.1) is 0 Å². The molecule has 2 atom stereocenters. The van der Waals surface area contributed by atoms with Crippen molar-refractivity contribution in [3.05, 3.63) is 0 Å². The Balaban J connectivity index is 2.53. The molecule has 0 bridgehead atoms. The predicted molar refractivity (Wildman–Crippen MR) is 56.2 cm³/mol. The summed E-state index contributed by atoms with van der Waals surface area (Å²) in [5.41, 5.74) is -0.386. The number of nitrogens with zero attached hydrogens (tertiary/aromatic N) is 1. The predicted octanol–water partition coefficient (Wildman–Crippen LogP) is 2.65.